The molecule has 7 heteroatoms. The molecule has 0 spiro atoms. The van der Waals surface area contributed by atoms with E-state index in [2.05, 4.69) is 41.6 Å². The molecule has 0 fully saturated rings. The third-order valence-electron chi connectivity index (χ3n) is 3.11. The van der Waals surface area contributed by atoms with Crippen molar-refractivity contribution in [3.8, 4) is 11.4 Å². The Hall–Kier alpha value is -2.80. The second-order valence-electron chi connectivity index (χ2n) is 4.63. The molecule has 23 heavy (non-hydrogen) atoms. The van der Waals surface area contributed by atoms with E-state index in [4.69, 9.17) is 0 Å². The average molecular weight is 370 g/mol. The highest BCUT2D eigenvalue weighted by Gasteiger charge is 2.06. The van der Waals surface area contributed by atoms with Gasteiger partial charge in [0, 0.05) is 21.2 Å². The number of benzene rings is 2. The molecule has 0 aliphatic rings. The van der Waals surface area contributed by atoms with Gasteiger partial charge in [0.05, 0.1) is 6.21 Å². The van der Waals surface area contributed by atoms with Crippen molar-refractivity contribution < 1.29 is 4.79 Å². The van der Waals surface area contributed by atoms with Crippen molar-refractivity contribution in [2.45, 2.75) is 0 Å². The van der Waals surface area contributed by atoms with Crippen LogP contribution in [0.2, 0.25) is 0 Å². The molecular weight excluding hydrogens is 358 g/mol. The number of nitrogens with zero attached hydrogens (tertiary/aromatic N) is 3. The van der Waals surface area contributed by atoms with Crippen LogP contribution in [0.5, 0.6) is 0 Å². The number of amides is 1. The number of carbonyl (C=O) groups is 1. The molecule has 0 radical (unpaired) electrons. The van der Waals surface area contributed by atoms with Crippen LogP contribution in [0.25, 0.3) is 11.4 Å². The van der Waals surface area contributed by atoms with Gasteiger partial charge in [-0.05, 0) is 24.3 Å². The summed E-state index contributed by atoms with van der Waals surface area (Å²) in [6.45, 7) is 0. The standard InChI is InChI=1S/C16H12BrN5O/c17-13-7-5-11(6-8-13)16(23)22-19-9-12-3-1-2-4-14(12)15-18-10-20-21-15/h1-10H,(H,22,23)(H,18,20,21). The number of rotatable bonds is 4. The van der Waals surface area contributed by atoms with Crippen molar-refractivity contribution >= 4 is 28.1 Å². The van der Waals surface area contributed by atoms with Crippen LogP contribution in [0.4, 0.5) is 0 Å². The van der Waals surface area contributed by atoms with E-state index in [9.17, 15) is 4.79 Å². The maximum Gasteiger partial charge on any atom is 0.271 e. The van der Waals surface area contributed by atoms with Crippen LogP contribution in [0.1, 0.15) is 15.9 Å². The van der Waals surface area contributed by atoms with Crippen LogP contribution in [0.15, 0.2) is 64.4 Å². The normalized spacial score (nSPS) is 10.8. The zero-order valence-corrected chi connectivity index (χ0v) is 13.5. The van der Waals surface area contributed by atoms with E-state index in [1.807, 2.05) is 24.3 Å². The van der Waals surface area contributed by atoms with Gasteiger partial charge in [-0.25, -0.2) is 10.4 Å². The van der Waals surface area contributed by atoms with E-state index in [0.29, 0.717) is 11.4 Å². The second-order valence-corrected chi connectivity index (χ2v) is 5.54. The summed E-state index contributed by atoms with van der Waals surface area (Å²) >= 11 is 3.33. The number of hydrogen-bond donors (Lipinski definition) is 2. The second kappa shape index (κ2) is 6.97. The van der Waals surface area contributed by atoms with Crippen molar-refractivity contribution in [3.05, 3.63) is 70.5 Å². The lowest BCUT2D eigenvalue weighted by molar-refractivity contribution is 0.0955. The van der Waals surface area contributed by atoms with Gasteiger partial charge in [-0.15, -0.1) is 0 Å². The third kappa shape index (κ3) is 3.70. The largest absolute Gasteiger partial charge is 0.271 e. The molecule has 1 aromatic heterocycles. The van der Waals surface area contributed by atoms with Crippen molar-refractivity contribution in [1.82, 2.24) is 20.6 Å². The van der Waals surface area contributed by atoms with Crippen LogP contribution in [-0.2, 0) is 0 Å². The van der Waals surface area contributed by atoms with E-state index in [-0.39, 0.29) is 5.91 Å². The number of aromatic amines is 1. The number of nitrogens with one attached hydrogen (secondary N) is 2. The Bertz CT molecular complexity index is 828. The first-order chi connectivity index (χ1) is 11.2. The number of hydrogen-bond acceptors (Lipinski definition) is 4. The van der Waals surface area contributed by atoms with Gasteiger partial charge in [0.2, 0.25) is 0 Å². The summed E-state index contributed by atoms with van der Waals surface area (Å²) in [6.07, 6.45) is 3.02. The Balaban J connectivity index is 1.74. The fraction of sp³-hybridized carbons (Fsp3) is 0. The maximum atomic E-state index is 12.0. The van der Waals surface area contributed by atoms with Crippen LogP contribution >= 0.6 is 15.9 Å². The summed E-state index contributed by atoms with van der Waals surface area (Å²) in [4.78, 5) is 16.1. The van der Waals surface area contributed by atoms with Crippen molar-refractivity contribution in [2.75, 3.05) is 0 Å². The minimum Gasteiger partial charge on any atom is -0.267 e. The zero-order chi connectivity index (χ0) is 16.1. The molecule has 1 amide bonds. The molecule has 2 aromatic carbocycles. The highest BCUT2D eigenvalue weighted by atomic mass is 79.9. The molecule has 3 rings (SSSR count). The van der Waals surface area contributed by atoms with Gasteiger partial charge in [0.15, 0.2) is 5.82 Å². The van der Waals surface area contributed by atoms with Gasteiger partial charge >= 0.3 is 0 Å². The molecular formula is C16H12BrN5O. The molecule has 0 aliphatic carbocycles. The number of H-pyrrole nitrogens is 1. The first kappa shape index (κ1) is 15.1. The molecule has 114 valence electrons. The summed E-state index contributed by atoms with van der Waals surface area (Å²) in [5, 5.41) is 10.7. The van der Waals surface area contributed by atoms with E-state index >= 15 is 0 Å². The Morgan fingerprint density at radius 3 is 2.70 bits per heavy atom. The van der Waals surface area contributed by atoms with E-state index in [1.165, 1.54) is 6.33 Å². The number of hydrazone groups is 1. The van der Waals surface area contributed by atoms with Gasteiger partial charge in [-0.2, -0.15) is 10.2 Å². The quantitative estimate of drug-likeness (QED) is 0.547. The summed E-state index contributed by atoms with van der Waals surface area (Å²) in [5.74, 6) is 0.372. The lowest BCUT2D eigenvalue weighted by atomic mass is 10.1. The van der Waals surface area contributed by atoms with Crippen molar-refractivity contribution in [2.24, 2.45) is 5.10 Å². The third-order valence-corrected chi connectivity index (χ3v) is 3.64. The summed E-state index contributed by atoms with van der Waals surface area (Å²) in [5.41, 5.74) is 4.72. The fourth-order valence-corrected chi connectivity index (χ4v) is 2.25. The predicted octanol–water partition coefficient (Wildman–Crippen LogP) is 3.00. The van der Waals surface area contributed by atoms with E-state index in [0.717, 1.165) is 15.6 Å². The molecule has 3 aromatic rings. The molecule has 6 nitrogen and oxygen atoms in total. The van der Waals surface area contributed by atoms with Crippen LogP contribution < -0.4 is 5.43 Å². The minimum absolute atomic E-state index is 0.272. The summed E-state index contributed by atoms with van der Waals surface area (Å²) in [6, 6.07) is 14.6. The van der Waals surface area contributed by atoms with Gasteiger partial charge in [-0.3, -0.25) is 9.89 Å². The van der Waals surface area contributed by atoms with Crippen LogP contribution in [-0.4, -0.2) is 27.3 Å². The lowest BCUT2D eigenvalue weighted by Gasteiger charge is -2.02. The molecule has 0 aliphatic heterocycles. The number of carbonyl (C=O) groups excluding carboxylic acids is 1. The minimum atomic E-state index is -0.272. The summed E-state index contributed by atoms with van der Waals surface area (Å²) in [7, 11) is 0. The fourth-order valence-electron chi connectivity index (χ4n) is 1.99. The lowest BCUT2D eigenvalue weighted by Crippen LogP contribution is -2.17. The zero-order valence-electron chi connectivity index (χ0n) is 11.9. The van der Waals surface area contributed by atoms with Gasteiger partial charge < -0.3 is 0 Å². The smallest absolute Gasteiger partial charge is 0.267 e. The molecule has 0 saturated carbocycles. The topological polar surface area (TPSA) is 83.0 Å². The Morgan fingerprint density at radius 1 is 1.17 bits per heavy atom. The summed E-state index contributed by atoms with van der Waals surface area (Å²) < 4.78 is 0.915. The first-order valence-corrected chi connectivity index (χ1v) is 7.57. The molecule has 1 heterocycles. The highest BCUT2D eigenvalue weighted by molar-refractivity contribution is 9.10. The molecule has 0 bridgehead atoms. The molecule has 0 atom stereocenters. The van der Waals surface area contributed by atoms with E-state index < -0.39 is 0 Å². The Morgan fingerprint density at radius 2 is 1.96 bits per heavy atom. The van der Waals surface area contributed by atoms with Crippen molar-refractivity contribution in [3.63, 3.8) is 0 Å². The Kier molecular flexibility index (Phi) is 4.58. The molecule has 2 N–H and O–H groups in total. The van der Waals surface area contributed by atoms with E-state index in [1.54, 1.807) is 30.5 Å². The van der Waals surface area contributed by atoms with Crippen LogP contribution in [0.3, 0.4) is 0 Å². The van der Waals surface area contributed by atoms with Crippen molar-refractivity contribution in [1.29, 1.82) is 0 Å². The Labute approximate surface area is 140 Å². The van der Waals surface area contributed by atoms with Gasteiger partial charge in [-0.1, -0.05) is 40.2 Å². The number of halogens is 1. The maximum absolute atomic E-state index is 12.0. The van der Waals surface area contributed by atoms with Crippen LogP contribution in [0, 0.1) is 0 Å². The average Bonchev–Trinajstić information content (AvgIpc) is 3.10. The highest BCUT2D eigenvalue weighted by Crippen LogP contribution is 2.17. The molecule has 0 unspecified atom stereocenters. The monoisotopic (exact) mass is 369 g/mol. The van der Waals surface area contributed by atoms with Gasteiger partial charge in [0.1, 0.15) is 6.33 Å². The molecule has 0 saturated heterocycles. The SMILES string of the molecule is O=C(NN=Cc1ccccc1-c1ncn[nH]1)c1ccc(Br)cc1. The van der Waals surface area contributed by atoms with Gasteiger partial charge in [0.25, 0.3) is 5.91 Å². The number of aromatic nitrogens is 3. The first-order valence-electron chi connectivity index (χ1n) is 6.78. The predicted molar refractivity (Wildman–Crippen MR) is 91.0 cm³/mol.